The zero-order valence-corrected chi connectivity index (χ0v) is 11.2. The van der Waals surface area contributed by atoms with E-state index < -0.39 is 0 Å². The molecular formula is C13H21N3O2. The minimum Gasteiger partial charge on any atom is -0.465 e. The molecule has 0 fully saturated rings. The van der Waals surface area contributed by atoms with E-state index in [2.05, 4.69) is 10.2 Å². The summed E-state index contributed by atoms with van der Waals surface area (Å²) >= 11 is 0. The number of nitrogens with two attached hydrogens (primary N) is 1. The van der Waals surface area contributed by atoms with E-state index in [1.165, 1.54) is 7.11 Å². The van der Waals surface area contributed by atoms with Crippen LogP contribution in [0.5, 0.6) is 0 Å². The fraction of sp³-hybridized carbons (Fsp3) is 0.462. The second-order valence-corrected chi connectivity index (χ2v) is 4.38. The molecule has 5 nitrogen and oxygen atoms in total. The van der Waals surface area contributed by atoms with Gasteiger partial charge in [-0.2, -0.15) is 0 Å². The molecule has 0 bridgehead atoms. The number of carbonyl (C=O) groups excluding carboxylic acids is 1. The summed E-state index contributed by atoms with van der Waals surface area (Å²) in [4.78, 5) is 13.7. The smallest absolute Gasteiger partial charge is 0.340 e. The van der Waals surface area contributed by atoms with E-state index in [1.54, 1.807) is 18.2 Å². The van der Waals surface area contributed by atoms with Gasteiger partial charge in [0.15, 0.2) is 0 Å². The Balaban J connectivity index is 2.66. The number of rotatable bonds is 6. The van der Waals surface area contributed by atoms with Gasteiger partial charge in [-0.1, -0.05) is 0 Å². The molecule has 0 aliphatic rings. The number of anilines is 2. The third-order valence-electron chi connectivity index (χ3n) is 2.55. The minimum absolute atomic E-state index is 0.377. The van der Waals surface area contributed by atoms with E-state index in [0.717, 1.165) is 25.2 Å². The van der Waals surface area contributed by atoms with Gasteiger partial charge in [0, 0.05) is 17.9 Å². The van der Waals surface area contributed by atoms with Gasteiger partial charge in [0.1, 0.15) is 0 Å². The van der Waals surface area contributed by atoms with Gasteiger partial charge < -0.3 is 20.7 Å². The van der Waals surface area contributed by atoms with Gasteiger partial charge >= 0.3 is 5.97 Å². The predicted octanol–water partition coefficient (Wildman–Crippen LogP) is 1.42. The molecule has 0 radical (unpaired) electrons. The number of nitrogen functional groups attached to an aromatic ring is 1. The van der Waals surface area contributed by atoms with Crippen LogP contribution in [0.15, 0.2) is 18.2 Å². The summed E-state index contributed by atoms with van der Waals surface area (Å²) in [5, 5.41) is 3.23. The van der Waals surface area contributed by atoms with Crippen molar-refractivity contribution < 1.29 is 9.53 Å². The number of carbonyl (C=O) groups is 1. The second kappa shape index (κ2) is 6.86. The third kappa shape index (κ3) is 4.25. The van der Waals surface area contributed by atoms with Crippen molar-refractivity contribution in [1.29, 1.82) is 0 Å². The zero-order chi connectivity index (χ0) is 13.5. The molecule has 0 spiro atoms. The highest BCUT2D eigenvalue weighted by Crippen LogP contribution is 2.19. The monoisotopic (exact) mass is 251 g/mol. The number of ether oxygens (including phenoxy) is 1. The van der Waals surface area contributed by atoms with Crippen LogP contribution >= 0.6 is 0 Å². The van der Waals surface area contributed by atoms with Crippen LogP contribution in [0.1, 0.15) is 16.8 Å². The predicted molar refractivity (Wildman–Crippen MR) is 73.9 cm³/mol. The minimum atomic E-state index is -0.377. The molecule has 5 heteroatoms. The van der Waals surface area contributed by atoms with Gasteiger partial charge in [-0.15, -0.1) is 0 Å². The van der Waals surface area contributed by atoms with Crippen LogP contribution in [0, 0.1) is 0 Å². The highest BCUT2D eigenvalue weighted by molar-refractivity contribution is 5.96. The molecule has 1 aromatic carbocycles. The van der Waals surface area contributed by atoms with Gasteiger partial charge in [0.2, 0.25) is 0 Å². The molecule has 100 valence electrons. The molecule has 0 saturated carbocycles. The molecule has 18 heavy (non-hydrogen) atoms. The van der Waals surface area contributed by atoms with Gasteiger partial charge in [0.25, 0.3) is 0 Å². The van der Waals surface area contributed by atoms with E-state index in [0.29, 0.717) is 11.3 Å². The Bertz CT molecular complexity index is 405. The van der Waals surface area contributed by atoms with E-state index in [-0.39, 0.29) is 5.97 Å². The van der Waals surface area contributed by atoms with Gasteiger partial charge in [-0.25, -0.2) is 4.79 Å². The van der Waals surface area contributed by atoms with Crippen molar-refractivity contribution in [3.63, 3.8) is 0 Å². The molecule has 0 atom stereocenters. The summed E-state index contributed by atoms with van der Waals surface area (Å²) in [5.74, 6) is -0.377. The van der Waals surface area contributed by atoms with Crippen molar-refractivity contribution >= 4 is 17.3 Å². The SMILES string of the molecule is COC(=O)c1cc(N)ccc1NCCCN(C)C. The van der Waals surface area contributed by atoms with Gasteiger partial charge in [-0.05, 0) is 45.3 Å². The summed E-state index contributed by atoms with van der Waals surface area (Å²) in [6.07, 6.45) is 0.998. The van der Waals surface area contributed by atoms with Crippen LogP contribution in [-0.4, -0.2) is 45.2 Å². The Labute approximate surface area is 108 Å². The molecule has 0 saturated heterocycles. The van der Waals surface area contributed by atoms with Gasteiger partial charge in [-0.3, -0.25) is 0 Å². The molecule has 0 amide bonds. The van der Waals surface area contributed by atoms with E-state index in [1.807, 2.05) is 14.1 Å². The average Bonchev–Trinajstić information content (AvgIpc) is 2.34. The number of hydrogen-bond donors (Lipinski definition) is 2. The number of hydrogen-bond acceptors (Lipinski definition) is 5. The first-order chi connectivity index (χ1) is 8.54. The Morgan fingerprint density at radius 1 is 1.44 bits per heavy atom. The summed E-state index contributed by atoms with van der Waals surface area (Å²) in [6, 6.07) is 5.19. The average molecular weight is 251 g/mol. The fourth-order valence-corrected chi connectivity index (χ4v) is 1.61. The molecule has 1 rings (SSSR count). The summed E-state index contributed by atoms with van der Waals surface area (Å²) in [5.41, 5.74) is 7.46. The lowest BCUT2D eigenvalue weighted by atomic mass is 10.1. The number of methoxy groups -OCH3 is 1. The maximum absolute atomic E-state index is 11.6. The third-order valence-corrected chi connectivity index (χ3v) is 2.55. The highest BCUT2D eigenvalue weighted by atomic mass is 16.5. The van der Waals surface area contributed by atoms with Crippen LogP contribution in [0.3, 0.4) is 0 Å². The van der Waals surface area contributed by atoms with E-state index >= 15 is 0 Å². The summed E-state index contributed by atoms with van der Waals surface area (Å²) in [7, 11) is 5.42. The van der Waals surface area contributed by atoms with Gasteiger partial charge in [0.05, 0.1) is 12.7 Å². The normalized spacial score (nSPS) is 10.4. The van der Waals surface area contributed by atoms with Crippen LogP contribution in [0.4, 0.5) is 11.4 Å². The molecule has 3 N–H and O–H groups in total. The van der Waals surface area contributed by atoms with Crippen LogP contribution in [0.25, 0.3) is 0 Å². The quantitative estimate of drug-likeness (QED) is 0.454. The summed E-state index contributed by atoms with van der Waals surface area (Å²) < 4.78 is 4.73. The number of esters is 1. The molecule has 0 heterocycles. The number of nitrogens with one attached hydrogen (secondary N) is 1. The first-order valence-corrected chi connectivity index (χ1v) is 5.91. The molecule has 1 aromatic rings. The number of nitrogens with zero attached hydrogens (tertiary/aromatic N) is 1. The van der Waals surface area contributed by atoms with Crippen molar-refractivity contribution in [1.82, 2.24) is 4.90 Å². The van der Waals surface area contributed by atoms with Crippen molar-refractivity contribution in [2.75, 3.05) is 45.3 Å². The lowest BCUT2D eigenvalue weighted by Gasteiger charge is -2.13. The Morgan fingerprint density at radius 2 is 2.17 bits per heavy atom. The maximum Gasteiger partial charge on any atom is 0.340 e. The first-order valence-electron chi connectivity index (χ1n) is 5.91. The summed E-state index contributed by atoms with van der Waals surface area (Å²) in [6.45, 7) is 1.79. The standard InChI is InChI=1S/C13H21N3O2/c1-16(2)8-4-7-15-12-6-5-10(14)9-11(12)13(17)18-3/h5-6,9,15H,4,7-8,14H2,1-3H3. The molecule has 0 aliphatic carbocycles. The Kier molecular flexibility index (Phi) is 5.45. The van der Waals surface area contributed by atoms with Crippen LogP contribution in [-0.2, 0) is 4.74 Å². The van der Waals surface area contributed by atoms with Crippen LogP contribution in [0.2, 0.25) is 0 Å². The number of benzene rings is 1. The van der Waals surface area contributed by atoms with Crippen molar-refractivity contribution in [3.05, 3.63) is 23.8 Å². The molecule has 0 aliphatic heterocycles. The van der Waals surface area contributed by atoms with E-state index in [4.69, 9.17) is 10.5 Å². The lowest BCUT2D eigenvalue weighted by molar-refractivity contribution is 0.0602. The maximum atomic E-state index is 11.6. The first kappa shape index (κ1) is 14.3. The van der Waals surface area contributed by atoms with E-state index in [9.17, 15) is 4.79 Å². The van der Waals surface area contributed by atoms with Crippen molar-refractivity contribution in [3.8, 4) is 0 Å². The van der Waals surface area contributed by atoms with Crippen LogP contribution < -0.4 is 11.1 Å². The molecule has 0 unspecified atom stereocenters. The second-order valence-electron chi connectivity index (χ2n) is 4.38. The fourth-order valence-electron chi connectivity index (χ4n) is 1.61. The lowest BCUT2D eigenvalue weighted by Crippen LogP contribution is -2.17. The topological polar surface area (TPSA) is 67.6 Å². The zero-order valence-electron chi connectivity index (χ0n) is 11.2. The van der Waals surface area contributed by atoms with Crippen molar-refractivity contribution in [2.45, 2.75) is 6.42 Å². The van der Waals surface area contributed by atoms with Crippen molar-refractivity contribution in [2.24, 2.45) is 0 Å². The Morgan fingerprint density at radius 3 is 2.78 bits per heavy atom. The highest BCUT2D eigenvalue weighted by Gasteiger charge is 2.11. The Hall–Kier alpha value is -1.75. The molecular weight excluding hydrogens is 230 g/mol. The molecule has 0 aromatic heterocycles. The largest absolute Gasteiger partial charge is 0.465 e.